The largest absolute Gasteiger partial charge is 0.477 e. The minimum atomic E-state index is -0.962. The van der Waals surface area contributed by atoms with Crippen LogP contribution in [0.5, 0.6) is 0 Å². The van der Waals surface area contributed by atoms with Crippen molar-refractivity contribution in [1.82, 2.24) is 9.97 Å². The predicted octanol–water partition coefficient (Wildman–Crippen LogP) is 2.29. The van der Waals surface area contributed by atoms with Crippen LogP contribution in [0.15, 0.2) is 6.07 Å². The van der Waals surface area contributed by atoms with E-state index in [-0.39, 0.29) is 5.69 Å². The molecule has 19 heavy (non-hydrogen) atoms. The summed E-state index contributed by atoms with van der Waals surface area (Å²) in [4.78, 5) is 22.1. The van der Waals surface area contributed by atoms with E-state index in [0.29, 0.717) is 11.9 Å². The van der Waals surface area contributed by atoms with Crippen molar-refractivity contribution in [2.24, 2.45) is 5.92 Å². The molecule has 1 aromatic heterocycles. The van der Waals surface area contributed by atoms with Gasteiger partial charge in [0.05, 0.1) is 0 Å². The summed E-state index contributed by atoms with van der Waals surface area (Å²) in [6.07, 6.45) is 4.48. The molecule has 2 fully saturated rings. The number of carbonyl (C=O) groups is 1. The molecule has 5 nitrogen and oxygen atoms in total. The molecule has 0 radical (unpaired) electrons. The summed E-state index contributed by atoms with van der Waals surface area (Å²) in [6.45, 7) is 4.10. The number of nitrogens with zero attached hydrogens (tertiary/aromatic N) is 3. The maximum Gasteiger partial charge on any atom is 0.354 e. The van der Waals surface area contributed by atoms with E-state index < -0.39 is 5.97 Å². The summed E-state index contributed by atoms with van der Waals surface area (Å²) in [7, 11) is 0. The molecule has 2 aliphatic rings. The van der Waals surface area contributed by atoms with E-state index >= 15 is 0 Å². The second-order valence-electron chi connectivity index (χ2n) is 5.73. The summed E-state index contributed by atoms with van der Waals surface area (Å²) in [5.74, 6) is 0.829. The lowest BCUT2D eigenvalue weighted by Crippen LogP contribution is -2.34. The highest BCUT2D eigenvalue weighted by atomic mass is 16.4. The fourth-order valence-electron chi connectivity index (χ4n) is 2.50. The first-order valence-corrected chi connectivity index (χ1v) is 7.00. The van der Waals surface area contributed by atoms with Crippen molar-refractivity contribution in [3.05, 3.63) is 17.5 Å². The van der Waals surface area contributed by atoms with Gasteiger partial charge < -0.3 is 10.0 Å². The maximum absolute atomic E-state index is 11.2. The number of carboxylic acids is 1. The van der Waals surface area contributed by atoms with E-state index in [9.17, 15) is 4.79 Å². The minimum absolute atomic E-state index is 0.130. The summed E-state index contributed by atoms with van der Waals surface area (Å²) in [5, 5.41) is 9.17. The van der Waals surface area contributed by atoms with Gasteiger partial charge in [-0.1, -0.05) is 6.92 Å². The zero-order chi connectivity index (χ0) is 13.4. The Hall–Kier alpha value is -1.65. The molecule has 0 unspecified atom stereocenters. The number of anilines is 1. The fraction of sp³-hybridized carbons (Fsp3) is 0.643. The van der Waals surface area contributed by atoms with Crippen molar-refractivity contribution in [1.29, 1.82) is 0 Å². The average Bonchev–Trinajstić information content (AvgIpc) is 3.23. The first-order chi connectivity index (χ1) is 9.13. The zero-order valence-corrected chi connectivity index (χ0v) is 11.2. The second kappa shape index (κ2) is 4.79. The molecule has 1 N–H and O–H groups in total. The van der Waals surface area contributed by atoms with E-state index in [1.54, 1.807) is 6.07 Å². The molecule has 5 heteroatoms. The van der Waals surface area contributed by atoms with Gasteiger partial charge in [0.1, 0.15) is 0 Å². The topological polar surface area (TPSA) is 66.3 Å². The average molecular weight is 261 g/mol. The van der Waals surface area contributed by atoms with Crippen molar-refractivity contribution >= 4 is 11.9 Å². The van der Waals surface area contributed by atoms with Gasteiger partial charge in [0.25, 0.3) is 0 Å². The molecule has 0 atom stereocenters. The van der Waals surface area contributed by atoms with Gasteiger partial charge >= 0.3 is 5.97 Å². The number of aromatic nitrogens is 2. The molecule has 0 aromatic carbocycles. The van der Waals surface area contributed by atoms with Crippen molar-refractivity contribution in [2.45, 2.75) is 38.5 Å². The molecule has 0 spiro atoms. The van der Waals surface area contributed by atoms with Gasteiger partial charge in [-0.3, -0.25) is 0 Å². The number of aromatic carboxylic acids is 1. The normalized spacial score (nSPS) is 20.6. The third-order valence-electron chi connectivity index (χ3n) is 4.02. The number of rotatable bonds is 3. The van der Waals surface area contributed by atoms with E-state index in [1.807, 2.05) is 0 Å². The highest BCUT2D eigenvalue weighted by molar-refractivity contribution is 5.85. The minimum Gasteiger partial charge on any atom is -0.477 e. The molecule has 1 saturated heterocycles. The smallest absolute Gasteiger partial charge is 0.354 e. The van der Waals surface area contributed by atoms with E-state index in [0.717, 1.165) is 50.4 Å². The number of piperidine rings is 1. The van der Waals surface area contributed by atoms with Crippen LogP contribution in [0.25, 0.3) is 0 Å². The molecule has 1 aromatic rings. The van der Waals surface area contributed by atoms with Crippen molar-refractivity contribution in [2.75, 3.05) is 18.0 Å². The number of carboxylic acid groups (broad SMARTS) is 1. The molecule has 0 amide bonds. The van der Waals surface area contributed by atoms with E-state index in [4.69, 9.17) is 5.11 Å². The van der Waals surface area contributed by atoms with Crippen LogP contribution in [0.1, 0.15) is 54.7 Å². The molecule has 1 saturated carbocycles. The Morgan fingerprint density at radius 1 is 1.26 bits per heavy atom. The lowest BCUT2D eigenvalue weighted by atomic mass is 10.00. The Bertz CT molecular complexity index is 491. The van der Waals surface area contributed by atoms with Crippen LogP contribution in [0.2, 0.25) is 0 Å². The van der Waals surface area contributed by atoms with Gasteiger partial charge in [0.15, 0.2) is 5.69 Å². The molecule has 3 rings (SSSR count). The van der Waals surface area contributed by atoms with Crippen molar-refractivity contribution in [3.63, 3.8) is 0 Å². The highest BCUT2D eigenvalue weighted by Gasteiger charge is 2.28. The van der Waals surface area contributed by atoms with Crippen LogP contribution in [-0.4, -0.2) is 34.1 Å². The van der Waals surface area contributed by atoms with Crippen molar-refractivity contribution in [3.8, 4) is 0 Å². The summed E-state index contributed by atoms with van der Waals surface area (Å²) >= 11 is 0. The van der Waals surface area contributed by atoms with Gasteiger partial charge in [0, 0.05) is 24.7 Å². The van der Waals surface area contributed by atoms with Crippen LogP contribution in [0.3, 0.4) is 0 Å². The molecule has 102 valence electrons. The highest BCUT2D eigenvalue weighted by Crippen LogP contribution is 2.39. The SMILES string of the molecule is CC1CCN(c2nc(C(=O)O)cc(C3CC3)n2)CC1. The lowest BCUT2D eigenvalue weighted by Gasteiger charge is -2.30. The Morgan fingerprint density at radius 3 is 2.53 bits per heavy atom. The molecule has 0 bridgehead atoms. The standard InChI is InChI=1S/C14H19N3O2/c1-9-4-6-17(7-5-9)14-15-11(10-2-3-10)8-12(16-14)13(18)19/h8-10H,2-7H2,1H3,(H,18,19). The number of hydrogen-bond acceptors (Lipinski definition) is 4. The van der Waals surface area contributed by atoms with Crippen LogP contribution in [0, 0.1) is 5.92 Å². The van der Waals surface area contributed by atoms with Crippen molar-refractivity contribution < 1.29 is 9.90 Å². The molecule has 1 aliphatic heterocycles. The van der Waals surface area contributed by atoms with Gasteiger partial charge in [-0.25, -0.2) is 14.8 Å². The van der Waals surface area contributed by atoms with Gasteiger partial charge in [-0.2, -0.15) is 0 Å². The van der Waals surface area contributed by atoms with Gasteiger partial charge in [0.2, 0.25) is 5.95 Å². The van der Waals surface area contributed by atoms with Gasteiger partial charge in [-0.15, -0.1) is 0 Å². The monoisotopic (exact) mass is 261 g/mol. The Labute approximate surface area is 112 Å². The quantitative estimate of drug-likeness (QED) is 0.904. The van der Waals surface area contributed by atoms with E-state index in [1.165, 1.54) is 0 Å². The van der Waals surface area contributed by atoms with Crippen LogP contribution in [-0.2, 0) is 0 Å². The summed E-state index contributed by atoms with van der Waals surface area (Å²) in [5.41, 5.74) is 1.03. The maximum atomic E-state index is 11.2. The first kappa shape index (κ1) is 12.4. The Balaban J connectivity index is 1.89. The predicted molar refractivity (Wildman–Crippen MR) is 71.6 cm³/mol. The zero-order valence-electron chi connectivity index (χ0n) is 11.2. The Morgan fingerprint density at radius 2 is 1.95 bits per heavy atom. The second-order valence-corrected chi connectivity index (χ2v) is 5.73. The molecule has 2 heterocycles. The molecular weight excluding hydrogens is 242 g/mol. The van der Waals surface area contributed by atoms with Crippen LogP contribution < -0.4 is 4.90 Å². The van der Waals surface area contributed by atoms with Crippen LogP contribution in [0.4, 0.5) is 5.95 Å². The molecule has 1 aliphatic carbocycles. The number of hydrogen-bond donors (Lipinski definition) is 1. The van der Waals surface area contributed by atoms with E-state index in [2.05, 4.69) is 21.8 Å². The lowest BCUT2D eigenvalue weighted by molar-refractivity contribution is 0.0690. The van der Waals surface area contributed by atoms with Gasteiger partial charge in [-0.05, 0) is 37.7 Å². The third-order valence-corrected chi connectivity index (χ3v) is 4.02. The fourth-order valence-corrected chi connectivity index (χ4v) is 2.50. The summed E-state index contributed by atoms with van der Waals surface area (Å²) in [6, 6.07) is 1.63. The first-order valence-electron chi connectivity index (χ1n) is 7.00. The third kappa shape index (κ3) is 2.69. The Kier molecular flexibility index (Phi) is 3.12. The molecular formula is C14H19N3O2. The summed E-state index contributed by atoms with van der Waals surface area (Å²) < 4.78 is 0. The van der Waals surface area contributed by atoms with Crippen LogP contribution >= 0.6 is 0 Å².